The van der Waals surface area contributed by atoms with E-state index < -0.39 is 6.04 Å². The Hall–Kier alpha value is -2.56. The van der Waals surface area contributed by atoms with Gasteiger partial charge in [0.15, 0.2) is 0 Å². The Balaban J connectivity index is 1.63. The normalized spacial score (nSPS) is 20.6. The van der Waals surface area contributed by atoms with E-state index in [1.165, 1.54) is 0 Å². The summed E-state index contributed by atoms with van der Waals surface area (Å²) in [7, 11) is 0. The molecular formula is C22H28N2O3. The SMILES string of the molecule is CC1CCC(C(=O)NC(Cc2ccccc2)C(=O)NCc2ccco2)CC1. The van der Waals surface area contributed by atoms with E-state index in [9.17, 15) is 9.59 Å². The molecule has 144 valence electrons. The molecule has 2 amide bonds. The highest BCUT2D eigenvalue weighted by Gasteiger charge is 2.28. The van der Waals surface area contributed by atoms with Gasteiger partial charge in [0, 0.05) is 12.3 Å². The van der Waals surface area contributed by atoms with E-state index in [0.717, 1.165) is 31.2 Å². The van der Waals surface area contributed by atoms with Crippen LogP contribution in [0.25, 0.3) is 0 Å². The first kappa shape index (κ1) is 19.2. The Kier molecular flexibility index (Phi) is 6.69. The van der Waals surface area contributed by atoms with Gasteiger partial charge in [-0.1, -0.05) is 37.3 Å². The van der Waals surface area contributed by atoms with Crippen molar-refractivity contribution in [2.75, 3.05) is 0 Å². The second-order valence-electron chi connectivity index (χ2n) is 7.50. The smallest absolute Gasteiger partial charge is 0.243 e. The van der Waals surface area contributed by atoms with Crippen molar-refractivity contribution in [2.24, 2.45) is 11.8 Å². The number of amides is 2. The van der Waals surface area contributed by atoms with Gasteiger partial charge in [-0.25, -0.2) is 0 Å². The average Bonchev–Trinajstić information content (AvgIpc) is 3.20. The lowest BCUT2D eigenvalue weighted by atomic mass is 9.82. The zero-order valence-corrected chi connectivity index (χ0v) is 15.8. The molecular weight excluding hydrogens is 340 g/mol. The van der Waals surface area contributed by atoms with Crippen LogP contribution in [-0.4, -0.2) is 17.9 Å². The molecule has 1 aromatic heterocycles. The summed E-state index contributed by atoms with van der Waals surface area (Å²) in [6.07, 6.45) is 6.00. The minimum absolute atomic E-state index is 0.00372. The van der Waals surface area contributed by atoms with Gasteiger partial charge in [0.1, 0.15) is 11.8 Å². The molecule has 1 fully saturated rings. The van der Waals surface area contributed by atoms with Crippen molar-refractivity contribution in [3.05, 3.63) is 60.1 Å². The average molecular weight is 368 g/mol. The van der Waals surface area contributed by atoms with Crippen LogP contribution >= 0.6 is 0 Å². The fourth-order valence-corrected chi connectivity index (χ4v) is 3.58. The topological polar surface area (TPSA) is 71.3 Å². The molecule has 1 atom stereocenters. The van der Waals surface area contributed by atoms with Crippen molar-refractivity contribution < 1.29 is 14.0 Å². The lowest BCUT2D eigenvalue weighted by molar-refractivity contribution is -0.132. The van der Waals surface area contributed by atoms with Gasteiger partial charge in [0.05, 0.1) is 12.8 Å². The number of hydrogen-bond acceptors (Lipinski definition) is 3. The Morgan fingerprint density at radius 3 is 2.48 bits per heavy atom. The van der Waals surface area contributed by atoms with E-state index in [0.29, 0.717) is 24.6 Å². The number of rotatable bonds is 7. The van der Waals surface area contributed by atoms with Crippen molar-refractivity contribution >= 4 is 11.8 Å². The van der Waals surface area contributed by atoms with Gasteiger partial charge < -0.3 is 15.1 Å². The third-order valence-corrected chi connectivity index (χ3v) is 5.32. The van der Waals surface area contributed by atoms with Crippen LogP contribution < -0.4 is 10.6 Å². The molecule has 3 rings (SSSR count). The molecule has 0 aliphatic heterocycles. The molecule has 5 heteroatoms. The molecule has 2 N–H and O–H groups in total. The van der Waals surface area contributed by atoms with Crippen molar-refractivity contribution in [3.63, 3.8) is 0 Å². The van der Waals surface area contributed by atoms with Gasteiger partial charge in [-0.3, -0.25) is 9.59 Å². The molecule has 0 spiro atoms. The third kappa shape index (κ3) is 5.71. The lowest BCUT2D eigenvalue weighted by Gasteiger charge is -2.27. The Morgan fingerprint density at radius 1 is 1.07 bits per heavy atom. The zero-order chi connectivity index (χ0) is 19.1. The minimum atomic E-state index is -0.589. The van der Waals surface area contributed by atoms with Crippen molar-refractivity contribution in [3.8, 4) is 0 Å². The number of furan rings is 1. The Labute approximate surface area is 160 Å². The van der Waals surface area contributed by atoms with Crippen LogP contribution in [0.1, 0.15) is 43.9 Å². The summed E-state index contributed by atoms with van der Waals surface area (Å²) in [5, 5.41) is 5.87. The summed E-state index contributed by atoms with van der Waals surface area (Å²) in [6, 6.07) is 12.8. The maximum atomic E-state index is 12.7. The molecule has 1 aromatic carbocycles. The van der Waals surface area contributed by atoms with Crippen LogP contribution in [0, 0.1) is 11.8 Å². The van der Waals surface area contributed by atoms with Gasteiger partial charge in [0.2, 0.25) is 11.8 Å². The summed E-state index contributed by atoms with van der Waals surface area (Å²) in [4.78, 5) is 25.5. The van der Waals surface area contributed by atoms with Crippen molar-refractivity contribution in [1.82, 2.24) is 10.6 Å². The summed E-state index contributed by atoms with van der Waals surface area (Å²) >= 11 is 0. The van der Waals surface area contributed by atoms with Crippen molar-refractivity contribution in [1.29, 1.82) is 0 Å². The van der Waals surface area contributed by atoms with Gasteiger partial charge in [-0.15, -0.1) is 0 Å². The van der Waals surface area contributed by atoms with Crippen LogP contribution in [0.3, 0.4) is 0 Å². The molecule has 1 unspecified atom stereocenters. The molecule has 0 bridgehead atoms. The predicted octanol–water partition coefficient (Wildman–Crippen LogP) is 3.45. The predicted molar refractivity (Wildman–Crippen MR) is 104 cm³/mol. The van der Waals surface area contributed by atoms with Crippen LogP contribution in [0.2, 0.25) is 0 Å². The monoisotopic (exact) mass is 368 g/mol. The highest BCUT2D eigenvalue weighted by atomic mass is 16.3. The molecule has 0 saturated heterocycles. The van der Waals surface area contributed by atoms with Gasteiger partial charge in [0.25, 0.3) is 0 Å². The van der Waals surface area contributed by atoms with E-state index in [1.807, 2.05) is 36.4 Å². The fourth-order valence-electron chi connectivity index (χ4n) is 3.58. The Bertz CT molecular complexity index is 719. The highest BCUT2D eigenvalue weighted by Crippen LogP contribution is 2.28. The summed E-state index contributed by atoms with van der Waals surface area (Å²) < 4.78 is 5.27. The van der Waals surface area contributed by atoms with Gasteiger partial charge in [-0.2, -0.15) is 0 Å². The zero-order valence-electron chi connectivity index (χ0n) is 15.8. The quantitative estimate of drug-likeness (QED) is 0.786. The number of nitrogens with one attached hydrogen (secondary N) is 2. The number of benzene rings is 1. The maximum Gasteiger partial charge on any atom is 0.243 e. The van der Waals surface area contributed by atoms with Crippen molar-refractivity contribution in [2.45, 2.75) is 51.6 Å². The van der Waals surface area contributed by atoms with Crippen LogP contribution in [-0.2, 0) is 22.6 Å². The maximum absolute atomic E-state index is 12.7. The van der Waals surface area contributed by atoms with E-state index >= 15 is 0 Å². The standard InChI is InChI=1S/C22H28N2O3/c1-16-9-11-18(12-10-16)21(25)24-20(14-17-6-3-2-4-7-17)22(26)23-15-19-8-5-13-27-19/h2-8,13,16,18,20H,9-12,14-15H2,1H3,(H,23,26)(H,24,25). The fraction of sp³-hybridized carbons (Fsp3) is 0.455. The van der Waals surface area contributed by atoms with Crippen LogP contribution in [0.15, 0.2) is 53.1 Å². The third-order valence-electron chi connectivity index (χ3n) is 5.32. The molecule has 2 aromatic rings. The van der Waals surface area contributed by atoms with Crippen LogP contribution in [0.4, 0.5) is 0 Å². The summed E-state index contributed by atoms with van der Waals surface area (Å²) in [6.45, 7) is 2.54. The number of carbonyl (C=O) groups excluding carboxylic acids is 2. The number of hydrogen-bond donors (Lipinski definition) is 2. The molecule has 1 aliphatic carbocycles. The first-order valence-corrected chi connectivity index (χ1v) is 9.76. The van der Waals surface area contributed by atoms with E-state index in [-0.39, 0.29) is 17.7 Å². The van der Waals surface area contributed by atoms with E-state index in [1.54, 1.807) is 12.3 Å². The second kappa shape index (κ2) is 9.40. The molecule has 0 radical (unpaired) electrons. The van der Waals surface area contributed by atoms with Crippen LogP contribution in [0.5, 0.6) is 0 Å². The molecule has 5 nitrogen and oxygen atoms in total. The van der Waals surface area contributed by atoms with Gasteiger partial charge >= 0.3 is 0 Å². The minimum Gasteiger partial charge on any atom is -0.467 e. The Morgan fingerprint density at radius 2 is 1.81 bits per heavy atom. The van der Waals surface area contributed by atoms with Gasteiger partial charge in [-0.05, 0) is 49.3 Å². The molecule has 1 saturated carbocycles. The first-order valence-electron chi connectivity index (χ1n) is 9.76. The van der Waals surface area contributed by atoms with E-state index in [2.05, 4.69) is 17.6 Å². The summed E-state index contributed by atoms with van der Waals surface area (Å²) in [5.41, 5.74) is 1.02. The molecule has 27 heavy (non-hydrogen) atoms. The molecule has 1 aliphatic rings. The largest absolute Gasteiger partial charge is 0.467 e. The van der Waals surface area contributed by atoms with E-state index in [4.69, 9.17) is 4.42 Å². The lowest BCUT2D eigenvalue weighted by Crippen LogP contribution is -2.49. The first-order chi connectivity index (χ1) is 13.1. The molecule has 1 heterocycles. The highest BCUT2D eigenvalue weighted by molar-refractivity contribution is 5.88. The summed E-state index contributed by atoms with van der Waals surface area (Å²) in [5.74, 6) is 1.20. The number of carbonyl (C=O) groups is 2. The second-order valence-corrected chi connectivity index (χ2v) is 7.50.